The van der Waals surface area contributed by atoms with Crippen molar-refractivity contribution in [3.8, 4) is 5.75 Å². The quantitative estimate of drug-likeness (QED) is 0.445. The molecule has 202 valence electrons. The highest BCUT2D eigenvalue weighted by atomic mass is 16.6. The third-order valence-electron chi connectivity index (χ3n) is 6.64. The molecule has 4 rings (SSSR count). The number of ether oxygens (including phenoxy) is 1. The van der Waals surface area contributed by atoms with Crippen molar-refractivity contribution in [1.82, 2.24) is 14.9 Å². The molecule has 0 radical (unpaired) electrons. The number of amides is 3. The van der Waals surface area contributed by atoms with E-state index < -0.39 is 18.1 Å². The minimum atomic E-state index is -1.14. The van der Waals surface area contributed by atoms with Crippen molar-refractivity contribution in [1.29, 1.82) is 0 Å². The SMILES string of the molecule is CCN(CC)c1ncc(N2C(=O)CCC2=O)c(NC(Cc2ccc(OC(=O)N3CCCC3)cc2)C(=O)O)n1. The Morgan fingerprint density at radius 3 is 2.29 bits per heavy atom. The molecule has 38 heavy (non-hydrogen) atoms. The molecule has 0 spiro atoms. The molecule has 0 bridgehead atoms. The molecular weight excluding hydrogens is 492 g/mol. The number of carbonyl (C=O) groups is 4. The summed E-state index contributed by atoms with van der Waals surface area (Å²) < 4.78 is 5.42. The van der Waals surface area contributed by atoms with Crippen LogP contribution < -0.4 is 19.9 Å². The number of aliphatic carboxylic acids is 1. The van der Waals surface area contributed by atoms with Crippen LogP contribution in [0.1, 0.15) is 45.1 Å². The monoisotopic (exact) mass is 524 g/mol. The number of benzene rings is 1. The molecule has 2 N–H and O–H groups in total. The minimum absolute atomic E-state index is 0.0711. The summed E-state index contributed by atoms with van der Waals surface area (Å²) in [6.07, 6.45) is 3.13. The number of hydrogen-bond donors (Lipinski definition) is 2. The maximum atomic E-state index is 12.4. The molecule has 3 heterocycles. The summed E-state index contributed by atoms with van der Waals surface area (Å²) >= 11 is 0. The predicted molar refractivity (Wildman–Crippen MR) is 139 cm³/mol. The van der Waals surface area contributed by atoms with E-state index in [1.807, 2.05) is 18.7 Å². The molecule has 1 atom stereocenters. The van der Waals surface area contributed by atoms with Crippen LogP contribution in [-0.4, -0.2) is 76.1 Å². The first-order valence-electron chi connectivity index (χ1n) is 12.8. The van der Waals surface area contributed by atoms with Crippen molar-refractivity contribution in [3.63, 3.8) is 0 Å². The third kappa shape index (κ3) is 6.01. The molecular formula is C26H32N6O6. The van der Waals surface area contributed by atoms with Gasteiger partial charge in [0.15, 0.2) is 5.82 Å². The van der Waals surface area contributed by atoms with Gasteiger partial charge in [-0.2, -0.15) is 4.98 Å². The number of nitrogens with one attached hydrogen (secondary N) is 1. The van der Waals surface area contributed by atoms with Gasteiger partial charge in [-0.15, -0.1) is 0 Å². The average Bonchev–Trinajstić information content (AvgIpc) is 3.56. The fourth-order valence-electron chi connectivity index (χ4n) is 4.50. The summed E-state index contributed by atoms with van der Waals surface area (Å²) in [4.78, 5) is 62.7. The molecule has 2 fully saturated rings. The summed E-state index contributed by atoms with van der Waals surface area (Å²) in [6, 6.07) is 5.51. The van der Waals surface area contributed by atoms with Gasteiger partial charge in [0.05, 0.1) is 6.20 Å². The van der Waals surface area contributed by atoms with E-state index in [1.165, 1.54) is 6.20 Å². The summed E-state index contributed by atoms with van der Waals surface area (Å²) in [5, 5.41) is 12.9. The van der Waals surface area contributed by atoms with Crippen molar-refractivity contribution in [2.45, 2.75) is 52.0 Å². The summed E-state index contributed by atoms with van der Waals surface area (Å²) in [5.41, 5.74) is 0.808. The largest absolute Gasteiger partial charge is 0.480 e. The lowest BCUT2D eigenvalue weighted by atomic mass is 10.1. The Morgan fingerprint density at radius 2 is 1.71 bits per heavy atom. The van der Waals surface area contributed by atoms with Crippen LogP contribution in [0.5, 0.6) is 5.75 Å². The van der Waals surface area contributed by atoms with Crippen molar-refractivity contribution in [2.24, 2.45) is 0 Å². The van der Waals surface area contributed by atoms with Crippen molar-refractivity contribution in [2.75, 3.05) is 41.3 Å². The lowest BCUT2D eigenvalue weighted by Crippen LogP contribution is -2.35. The number of nitrogens with zero attached hydrogens (tertiary/aromatic N) is 5. The molecule has 3 amide bonds. The van der Waals surface area contributed by atoms with Crippen LogP contribution in [0, 0.1) is 0 Å². The Kier molecular flexibility index (Phi) is 8.39. The first-order valence-corrected chi connectivity index (χ1v) is 12.8. The lowest BCUT2D eigenvalue weighted by molar-refractivity contribution is -0.137. The van der Waals surface area contributed by atoms with Crippen LogP contribution in [-0.2, 0) is 20.8 Å². The number of carboxylic acid groups (broad SMARTS) is 1. The summed E-state index contributed by atoms with van der Waals surface area (Å²) in [6.45, 7) is 6.47. The number of aromatic nitrogens is 2. The molecule has 0 saturated carbocycles. The molecule has 2 aliphatic heterocycles. The molecule has 1 aromatic heterocycles. The maximum Gasteiger partial charge on any atom is 0.415 e. The fraction of sp³-hybridized carbons (Fsp3) is 0.462. The van der Waals surface area contributed by atoms with Crippen molar-refractivity contribution >= 4 is 41.3 Å². The zero-order chi connectivity index (χ0) is 27.2. The fourth-order valence-corrected chi connectivity index (χ4v) is 4.50. The first-order chi connectivity index (χ1) is 18.3. The highest BCUT2D eigenvalue weighted by Crippen LogP contribution is 2.31. The minimum Gasteiger partial charge on any atom is -0.480 e. The van der Waals surface area contributed by atoms with E-state index in [0.29, 0.717) is 43.4 Å². The smallest absolute Gasteiger partial charge is 0.415 e. The van der Waals surface area contributed by atoms with Gasteiger partial charge in [-0.25, -0.2) is 19.5 Å². The molecule has 1 unspecified atom stereocenters. The molecule has 12 nitrogen and oxygen atoms in total. The van der Waals surface area contributed by atoms with E-state index >= 15 is 0 Å². The zero-order valence-electron chi connectivity index (χ0n) is 21.6. The molecule has 1 aromatic carbocycles. The van der Waals surface area contributed by atoms with E-state index in [4.69, 9.17) is 4.74 Å². The second kappa shape index (κ2) is 11.9. The summed E-state index contributed by atoms with van der Waals surface area (Å²) in [5.74, 6) is -1.09. The van der Waals surface area contributed by atoms with Crippen molar-refractivity contribution < 1.29 is 29.0 Å². The lowest BCUT2D eigenvalue weighted by Gasteiger charge is -2.24. The molecule has 2 aliphatic rings. The number of anilines is 3. The highest BCUT2D eigenvalue weighted by Gasteiger charge is 2.34. The number of likely N-dealkylation sites (tertiary alicyclic amines) is 1. The van der Waals surface area contributed by atoms with Gasteiger partial charge in [0, 0.05) is 45.4 Å². The van der Waals surface area contributed by atoms with E-state index in [-0.39, 0.29) is 42.6 Å². The van der Waals surface area contributed by atoms with Crippen LogP contribution in [0.15, 0.2) is 30.5 Å². The normalized spacial score (nSPS) is 16.1. The Morgan fingerprint density at radius 1 is 1.08 bits per heavy atom. The first kappa shape index (κ1) is 26.8. The second-order valence-electron chi connectivity index (χ2n) is 9.14. The maximum absolute atomic E-state index is 12.4. The Bertz CT molecular complexity index is 1180. The van der Waals surface area contributed by atoms with Gasteiger partial charge in [0.2, 0.25) is 17.8 Å². The van der Waals surface area contributed by atoms with Gasteiger partial charge in [-0.3, -0.25) is 9.59 Å². The third-order valence-corrected chi connectivity index (χ3v) is 6.64. The van der Waals surface area contributed by atoms with Crippen molar-refractivity contribution in [3.05, 3.63) is 36.0 Å². The molecule has 0 aliphatic carbocycles. The van der Waals surface area contributed by atoms with Gasteiger partial charge in [0.1, 0.15) is 17.5 Å². The van der Waals surface area contributed by atoms with Gasteiger partial charge in [-0.05, 0) is 44.4 Å². The van der Waals surface area contributed by atoms with Crippen LogP contribution in [0.4, 0.5) is 22.2 Å². The van der Waals surface area contributed by atoms with E-state index in [0.717, 1.165) is 17.7 Å². The van der Waals surface area contributed by atoms with E-state index in [2.05, 4.69) is 15.3 Å². The van der Waals surface area contributed by atoms with E-state index in [9.17, 15) is 24.3 Å². The number of carbonyl (C=O) groups excluding carboxylic acids is 3. The average molecular weight is 525 g/mol. The van der Waals surface area contributed by atoms with Gasteiger partial charge >= 0.3 is 12.1 Å². The highest BCUT2D eigenvalue weighted by molar-refractivity contribution is 6.21. The predicted octanol–water partition coefficient (Wildman–Crippen LogP) is 2.68. The Balaban J connectivity index is 1.54. The Labute approximate surface area is 220 Å². The van der Waals surface area contributed by atoms with Gasteiger partial charge in [0.25, 0.3) is 0 Å². The second-order valence-corrected chi connectivity index (χ2v) is 9.14. The van der Waals surface area contributed by atoms with Crippen LogP contribution in [0.2, 0.25) is 0 Å². The van der Waals surface area contributed by atoms with Gasteiger partial charge in [-0.1, -0.05) is 12.1 Å². The Hall–Kier alpha value is -4.22. The zero-order valence-corrected chi connectivity index (χ0v) is 21.6. The van der Waals surface area contributed by atoms with Gasteiger partial charge < -0.3 is 25.0 Å². The number of rotatable bonds is 10. The van der Waals surface area contributed by atoms with Crippen LogP contribution in [0.25, 0.3) is 0 Å². The van der Waals surface area contributed by atoms with Crippen LogP contribution in [0.3, 0.4) is 0 Å². The topological polar surface area (TPSA) is 145 Å². The summed E-state index contributed by atoms with van der Waals surface area (Å²) in [7, 11) is 0. The number of carboxylic acids is 1. The van der Waals surface area contributed by atoms with E-state index in [1.54, 1.807) is 29.2 Å². The molecule has 12 heteroatoms. The molecule has 2 aromatic rings. The van der Waals surface area contributed by atoms with Crippen LogP contribution >= 0.6 is 0 Å². The molecule has 2 saturated heterocycles. The number of imide groups is 1. The number of hydrogen-bond acceptors (Lipinski definition) is 9. The standard InChI is InChI=1S/C26H32N6O6/c1-3-30(4-2)25-27-16-20(32-21(33)11-12-22(32)34)23(29-25)28-19(24(35)36)15-17-7-9-18(10-8-17)38-26(37)31-13-5-6-14-31/h7-10,16,19H,3-6,11-15H2,1-2H3,(H,35,36)(H,27,28,29).